The Morgan fingerprint density at radius 2 is 2.00 bits per heavy atom. The van der Waals surface area contributed by atoms with Crippen LogP contribution < -0.4 is 20.9 Å². The maximum Gasteiger partial charge on any atom is 0.459 e. The highest BCUT2D eigenvalue weighted by molar-refractivity contribution is 7.52. The summed E-state index contributed by atoms with van der Waals surface area (Å²) in [5.74, 6) is 0.408. The van der Waals surface area contributed by atoms with Gasteiger partial charge in [0.1, 0.15) is 17.5 Å². The van der Waals surface area contributed by atoms with Gasteiger partial charge in [0, 0.05) is 24.7 Å². The van der Waals surface area contributed by atoms with Gasteiger partial charge in [-0.2, -0.15) is 0 Å². The topological polar surface area (TPSA) is 132 Å². The fourth-order valence-electron chi connectivity index (χ4n) is 3.76. The van der Waals surface area contributed by atoms with E-state index in [4.69, 9.17) is 13.8 Å². The number of hydrogen-bond acceptors (Lipinski definition) is 7. The van der Waals surface area contributed by atoms with E-state index in [2.05, 4.69) is 5.09 Å². The fourth-order valence-corrected chi connectivity index (χ4v) is 5.46. The highest BCUT2D eigenvalue weighted by Gasteiger charge is 2.82. The number of aromatic amines is 1. The van der Waals surface area contributed by atoms with Gasteiger partial charge in [0.15, 0.2) is 11.9 Å². The number of hydrogen-bond donors (Lipinski definition) is 3. The number of H-pyrrole nitrogens is 1. The molecular formula is C21H27FN3O7P. The predicted octanol–water partition coefficient (Wildman–Crippen LogP) is 2.11. The number of ether oxygens (including phenoxy) is 1. The van der Waals surface area contributed by atoms with E-state index in [0.717, 1.165) is 16.8 Å². The molecule has 33 heavy (non-hydrogen) atoms. The first kappa shape index (κ1) is 23.8. The van der Waals surface area contributed by atoms with Gasteiger partial charge in [-0.3, -0.25) is 18.9 Å². The van der Waals surface area contributed by atoms with Crippen LogP contribution in [0.1, 0.15) is 33.4 Å². The van der Waals surface area contributed by atoms with E-state index in [1.807, 2.05) is 25.8 Å². The van der Waals surface area contributed by atoms with Gasteiger partial charge in [-0.05, 0) is 25.0 Å². The van der Waals surface area contributed by atoms with Crippen LogP contribution in [0, 0.1) is 5.92 Å². The molecule has 180 valence electrons. The van der Waals surface area contributed by atoms with Crippen molar-refractivity contribution in [3.63, 3.8) is 0 Å². The first-order chi connectivity index (χ1) is 15.5. The Bertz CT molecular complexity index is 1170. The molecule has 0 spiro atoms. The van der Waals surface area contributed by atoms with Crippen LogP contribution in [0.4, 0.5) is 4.39 Å². The van der Waals surface area contributed by atoms with E-state index in [1.54, 1.807) is 30.3 Å². The second-order valence-electron chi connectivity index (χ2n) is 8.82. The van der Waals surface area contributed by atoms with Crippen LogP contribution in [0.15, 0.2) is 52.2 Å². The molecule has 10 nitrogen and oxygen atoms in total. The molecule has 0 radical (unpaired) electrons. The number of fused-ring (bicyclic) bond motifs is 1. The summed E-state index contributed by atoms with van der Waals surface area (Å²) in [6.07, 6.45) is -1.90. The van der Waals surface area contributed by atoms with Crippen LogP contribution in [0.25, 0.3) is 0 Å². The van der Waals surface area contributed by atoms with E-state index >= 15 is 4.39 Å². The number of halogens is 1. The van der Waals surface area contributed by atoms with Crippen molar-refractivity contribution >= 4 is 7.75 Å². The second-order valence-corrected chi connectivity index (χ2v) is 10.5. The van der Waals surface area contributed by atoms with Gasteiger partial charge in [0.05, 0.1) is 6.61 Å². The average Bonchev–Trinajstić information content (AvgIpc) is 3.24. The Hall–Kier alpha value is -2.30. The van der Waals surface area contributed by atoms with Crippen molar-refractivity contribution in [2.24, 2.45) is 5.92 Å². The summed E-state index contributed by atoms with van der Waals surface area (Å²) in [5, 5.41) is 13.7. The van der Waals surface area contributed by atoms with Crippen molar-refractivity contribution < 1.29 is 27.8 Å². The highest BCUT2D eigenvalue weighted by Crippen LogP contribution is 2.66. The Kier molecular flexibility index (Phi) is 6.13. The monoisotopic (exact) mass is 483 g/mol. The quantitative estimate of drug-likeness (QED) is 0.462. The van der Waals surface area contributed by atoms with E-state index in [-0.39, 0.29) is 18.4 Å². The van der Waals surface area contributed by atoms with Crippen LogP contribution in [0.2, 0.25) is 0 Å². The van der Waals surface area contributed by atoms with Gasteiger partial charge in [0.2, 0.25) is 0 Å². The van der Waals surface area contributed by atoms with Crippen LogP contribution in [0.5, 0.6) is 5.75 Å². The zero-order chi connectivity index (χ0) is 24.0. The minimum absolute atomic E-state index is 0.103. The van der Waals surface area contributed by atoms with Crippen LogP contribution >= 0.6 is 7.75 Å². The number of aromatic nitrogens is 2. The third kappa shape index (κ3) is 4.43. The zero-order valence-electron chi connectivity index (χ0n) is 18.4. The molecule has 2 aromatic rings. The summed E-state index contributed by atoms with van der Waals surface area (Å²) in [6.45, 7) is 5.22. The van der Waals surface area contributed by atoms with Gasteiger partial charge >= 0.3 is 13.4 Å². The molecule has 4 rings (SSSR count). The summed E-state index contributed by atoms with van der Waals surface area (Å²) in [5.41, 5.74) is -5.70. The lowest BCUT2D eigenvalue weighted by Gasteiger charge is -2.27. The first-order valence-corrected chi connectivity index (χ1v) is 12.2. The molecule has 1 aliphatic carbocycles. The Balaban J connectivity index is 1.53. The smallest absolute Gasteiger partial charge is 0.413 e. The Morgan fingerprint density at radius 1 is 1.30 bits per heavy atom. The molecule has 12 heteroatoms. The minimum Gasteiger partial charge on any atom is -0.413 e. The van der Waals surface area contributed by atoms with Gasteiger partial charge in [-0.25, -0.2) is 18.8 Å². The standard InChI is InChI=1S/C21H27FN3O7P/c1-13(2)14(3)24-33(29,32-15-7-5-4-6-8-15)30-11-16-21(28)12-20(21,22)18(31-16)25-10-9-17(26)23-19(25)27/h4-10,13-14,16,18,28H,11-12H2,1-3H3,(H,24,29)(H,23,26,27)/t14-,16+,18+,20-,21-,33-/m0/s1. The first-order valence-electron chi connectivity index (χ1n) is 10.6. The van der Waals surface area contributed by atoms with Crippen molar-refractivity contribution in [2.75, 3.05) is 6.61 Å². The lowest BCUT2D eigenvalue weighted by atomic mass is 10.1. The van der Waals surface area contributed by atoms with Crippen molar-refractivity contribution in [1.29, 1.82) is 0 Å². The normalized spacial score (nSPS) is 31.1. The van der Waals surface area contributed by atoms with E-state index in [9.17, 15) is 19.3 Å². The molecule has 2 fully saturated rings. The number of nitrogens with zero attached hydrogens (tertiary/aromatic N) is 1. The molecular weight excluding hydrogens is 456 g/mol. The Morgan fingerprint density at radius 3 is 2.64 bits per heavy atom. The van der Waals surface area contributed by atoms with Crippen molar-refractivity contribution in [2.45, 2.75) is 56.8 Å². The summed E-state index contributed by atoms with van der Waals surface area (Å²) in [4.78, 5) is 25.5. The van der Waals surface area contributed by atoms with Gasteiger partial charge in [-0.15, -0.1) is 0 Å². The van der Waals surface area contributed by atoms with Crippen molar-refractivity contribution in [3.8, 4) is 5.75 Å². The lowest BCUT2D eigenvalue weighted by molar-refractivity contribution is -0.0857. The third-order valence-electron chi connectivity index (χ3n) is 6.17. The molecule has 1 aromatic carbocycles. The third-order valence-corrected chi connectivity index (χ3v) is 7.83. The van der Waals surface area contributed by atoms with Gasteiger partial charge in [0.25, 0.3) is 5.56 Å². The van der Waals surface area contributed by atoms with Crippen molar-refractivity contribution in [1.82, 2.24) is 14.6 Å². The number of rotatable bonds is 9. The lowest BCUT2D eigenvalue weighted by Crippen LogP contribution is -2.36. The largest absolute Gasteiger partial charge is 0.459 e. The van der Waals surface area contributed by atoms with E-state index < -0.39 is 49.2 Å². The molecule has 0 unspecified atom stereocenters. The molecule has 1 saturated carbocycles. The molecule has 3 N–H and O–H groups in total. The maximum atomic E-state index is 15.4. The van der Waals surface area contributed by atoms with E-state index in [1.165, 1.54) is 0 Å². The number of nitrogens with one attached hydrogen (secondary N) is 2. The number of para-hydroxylation sites is 1. The molecule has 0 bridgehead atoms. The molecule has 6 atom stereocenters. The highest BCUT2D eigenvalue weighted by atomic mass is 31.2. The summed E-state index contributed by atoms with van der Waals surface area (Å²) >= 11 is 0. The number of aliphatic hydroxyl groups is 1. The summed E-state index contributed by atoms with van der Waals surface area (Å²) in [7, 11) is -3.95. The molecule has 1 aromatic heterocycles. The number of benzene rings is 1. The van der Waals surface area contributed by atoms with Gasteiger partial charge < -0.3 is 14.4 Å². The molecule has 2 aliphatic rings. The van der Waals surface area contributed by atoms with E-state index in [0.29, 0.717) is 5.75 Å². The predicted molar refractivity (Wildman–Crippen MR) is 117 cm³/mol. The maximum absolute atomic E-state index is 15.4. The van der Waals surface area contributed by atoms with Crippen LogP contribution in [0.3, 0.4) is 0 Å². The summed E-state index contributed by atoms with van der Waals surface area (Å²) < 4.78 is 46.7. The van der Waals surface area contributed by atoms with Crippen LogP contribution in [-0.4, -0.2) is 44.7 Å². The average molecular weight is 483 g/mol. The fraction of sp³-hybridized carbons (Fsp3) is 0.524. The second kappa shape index (κ2) is 8.48. The Labute approximate surface area is 189 Å². The van der Waals surface area contributed by atoms with Gasteiger partial charge in [-0.1, -0.05) is 32.0 Å². The summed E-state index contributed by atoms with van der Waals surface area (Å²) in [6, 6.07) is 9.23. The molecule has 2 heterocycles. The SMILES string of the molecule is CC(C)[C@H](C)N[P@](=O)(OC[C@H]1O[C@@H](n2ccc(=O)[nH]c2=O)[C@@]2(F)C[C@]12O)Oc1ccccc1. The zero-order valence-corrected chi connectivity index (χ0v) is 19.3. The number of alkyl halides is 1. The minimum atomic E-state index is -3.95. The van der Waals surface area contributed by atoms with Crippen molar-refractivity contribution in [3.05, 3.63) is 63.4 Å². The molecule has 0 amide bonds. The molecule has 1 aliphatic heterocycles. The molecule has 1 saturated heterocycles. The van der Waals surface area contributed by atoms with Crippen LogP contribution in [-0.2, 0) is 13.8 Å².